The largest absolute Gasteiger partial charge is 0.354 e. The zero-order valence-corrected chi connectivity index (χ0v) is 16.5. The monoisotopic (exact) mass is 373 g/mol. The Morgan fingerprint density at radius 1 is 1.19 bits per heavy atom. The SMILES string of the molecule is Cc1cc(C(=O)N2CCN(C)CC2)nn1CC(=O)NCCC1=CCCCC1. The summed E-state index contributed by atoms with van der Waals surface area (Å²) in [7, 11) is 2.06. The van der Waals surface area contributed by atoms with Gasteiger partial charge in [-0.15, -0.1) is 0 Å². The fourth-order valence-corrected chi connectivity index (χ4v) is 3.63. The fraction of sp³-hybridized carbons (Fsp3) is 0.650. The van der Waals surface area contributed by atoms with Crippen molar-refractivity contribution in [3.63, 3.8) is 0 Å². The first-order valence-corrected chi connectivity index (χ1v) is 10.00. The summed E-state index contributed by atoms with van der Waals surface area (Å²) < 4.78 is 1.62. The third-order valence-electron chi connectivity index (χ3n) is 5.44. The second kappa shape index (κ2) is 9.17. The van der Waals surface area contributed by atoms with Crippen molar-refractivity contribution in [1.29, 1.82) is 0 Å². The van der Waals surface area contributed by atoms with E-state index in [2.05, 4.69) is 28.4 Å². The molecule has 148 valence electrons. The van der Waals surface area contributed by atoms with Crippen LogP contribution in [0.1, 0.15) is 48.3 Å². The first kappa shape index (κ1) is 19.6. The van der Waals surface area contributed by atoms with E-state index in [1.165, 1.54) is 24.8 Å². The molecule has 1 aliphatic heterocycles. The van der Waals surface area contributed by atoms with E-state index in [0.717, 1.165) is 44.7 Å². The van der Waals surface area contributed by atoms with E-state index < -0.39 is 0 Å². The molecule has 1 aromatic rings. The number of aryl methyl sites for hydroxylation is 1. The fourth-order valence-electron chi connectivity index (χ4n) is 3.63. The van der Waals surface area contributed by atoms with Crippen molar-refractivity contribution in [2.75, 3.05) is 39.8 Å². The maximum Gasteiger partial charge on any atom is 0.274 e. The Morgan fingerprint density at radius 2 is 1.96 bits per heavy atom. The first-order valence-electron chi connectivity index (χ1n) is 10.00. The molecule has 0 saturated carbocycles. The van der Waals surface area contributed by atoms with Gasteiger partial charge in [-0.25, -0.2) is 0 Å². The molecule has 0 radical (unpaired) electrons. The van der Waals surface area contributed by atoms with Gasteiger partial charge in [0.25, 0.3) is 5.91 Å². The molecule has 27 heavy (non-hydrogen) atoms. The highest BCUT2D eigenvalue weighted by Crippen LogP contribution is 2.19. The molecular formula is C20H31N5O2. The van der Waals surface area contributed by atoms with Gasteiger partial charge in [0.15, 0.2) is 5.69 Å². The Labute approximate surface area is 161 Å². The Morgan fingerprint density at radius 3 is 2.67 bits per heavy atom. The highest BCUT2D eigenvalue weighted by molar-refractivity contribution is 5.92. The van der Waals surface area contributed by atoms with Crippen LogP contribution in [0.15, 0.2) is 17.7 Å². The molecule has 1 aromatic heterocycles. The molecule has 1 saturated heterocycles. The lowest BCUT2D eigenvalue weighted by atomic mass is 9.97. The second-order valence-electron chi connectivity index (χ2n) is 7.63. The summed E-state index contributed by atoms with van der Waals surface area (Å²) in [6.45, 7) is 5.90. The van der Waals surface area contributed by atoms with Crippen LogP contribution >= 0.6 is 0 Å². The van der Waals surface area contributed by atoms with E-state index in [1.54, 1.807) is 10.7 Å². The highest BCUT2D eigenvalue weighted by atomic mass is 16.2. The van der Waals surface area contributed by atoms with E-state index in [-0.39, 0.29) is 18.4 Å². The molecule has 0 unspecified atom stereocenters. The number of nitrogens with one attached hydrogen (secondary N) is 1. The summed E-state index contributed by atoms with van der Waals surface area (Å²) in [5.74, 6) is -0.106. The summed E-state index contributed by atoms with van der Waals surface area (Å²) in [4.78, 5) is 28.9. The number of hydrogen-bond donors (Lipinski definition) is 1. The molecule has 7 nitrogen and oxygen atoms in total. The number of carbonyl (C=O) groups excluding carboxylic acids is 2. The first-order chi connectivity index (χ1) is 13.0. The number of piperazine rings is 1. The van der Waals surface area contributed by atoms with E-state index in [9.17, 15) is 9.59 Å². The molecular weight excluding hydrogens is 342 g/mol. The minimum Gasteiger partial charge on any atom is -0.354 e. The van der Waals surface area contributed by atoms with Gasteiger partial charge < -0.3 is 15.1 Å². The summed E-state index contributed by atoms with van der Waals surface area (Å²) in [5.41, 5.74) is 2.71. The molecule has 3 rings (SSSR count). The summed E-state index contributed by atoms with van der Waals surface area (Å²) in [6, 6.07) is 1.78. The Kier molecular flexibility index (Phi) is 6.66. The molecule has 1 aliphatic carbocycles. The quantitative estimate of drug-likeness (QED) is 0.769. The van der Waals surface area contributed by atoms with E-state index >= 15 is 0 Å². The number of rotatable bonds is 6. The number of nitrogens with zero attached hydrogens (tertiary/aromatic N) is 4. The van der Waals surface area contributed by atoms with Crippen LogP contribution in [0.3, 0.4) is 0 Å². The molecule has 7 heteroatoms. The lowest BCUT2D eigenvalue weighted by molar-refractivity contribution is -0.121. The third-order valence-corrected chi connectivity index (χ3v) is 5.44. The van der Waals surface area contributed by atoms with Crippen molar-refractivity contribution in [2.45, 2.75) is 45.6 Å². The zero-order chi connectivity index (χ0) is 19.2. The molecule has 0 aromatic carbocycles. The minimum absolute atomic E-state index is 0.0467. The van der Waals surface area contributed by atoms with Gasteiger partial charge in [-0.1, -0.05) is 11.6 Å². The summed E-state index contributed by atoms with van der Waals surface area (Å²) >= 11 is 0. The van der Waals surface area contributed by atoms with E-state index in [0.29, 0.717) is 12.2 Å². The Bertz CT molecular complexity index is 701. The average Bonchev–Trinajstić information content (AvgIpc) is 3.03. The molecule has 2 aliphatic rings. The minimum atomic E-state index is -0.0591. The predicted molar refractivity (Wildman–Crippen MR) is 105 cm³/mol. The van der Waals surface area contributed by atoms with Crippen LogP contribution < -0.4 is 5.32 Å². The van der Waals surface area contributed by atoms with Crippen LogP contribution in [-0.4, -0.2) is 71.2 Å². The lowest BCUT2D eigenvalue weighted by Crippen LogP contribution is -2.47. The lowest BCUT2D eigenvalue weighted by Gasteiger charge is -2.31. The van der Waals surface area contributed by atoms with Crippen LogP contribution in [0.5, 0.6) is 0 Å². The van der Waals surface area contributed by atoms with Gasteiger partial charge in [-0.05, 0) is 52.1 Å². The highest BCUT2D eigenvalue weighted by Gasteiger charge is 2.23. The van der Waals surface area contributed by atoms with Crippen LogP contribution in [0.25, 0.3) is 0 Å². The molecule has 2 amide bonds. The van der Waals surface area contributed by atoms with Gasteiger partial charge in [0.2, 0.25) is 5.91 Å². The number of likely N-dealkylation sites (N-methyl/N-ethyl adjacent to an activating group) is 1. The molecule has 0 bridgehead atoms. The molecule has 1 N–H and O–H groups in total. The van der Waals surface area contributed by atoms with E-state index in [1.807, 2.05) is 11.8 Å². The average molecular weight is 374 g/mol. The number of aromatic nitrogens is 2. The maximum atomic E-state index is 12.6. The van der Waals surface area contributed by atoms with Crippen LogP contribution in [-0.2, 0) is 11.3 Å². The standard InChI is InChI=1S/C20H31N5O2/c1-16-14-18(20(27)24-12-10-23(2)11-13-24)22-25(16)15-19(26)21-9-8-17-6-4-3-5-7-17/h6,14H,3-5,7-13,15H2,1-2H3,(H,21,26). The normalized spacial score (nSPS) is 18.3. The van der Waals surface area contributed by atoms with Crippen molar-refractivity contribution >= 4 is 11.8 Å². The molecule has 0 spiro atoms. The number of allylic oxidation sites excluding steroid dienone is 1. The van der Waals surface area contributed by atoms with Crippen LogP contribution in [0, 0.1) is 6.92 Å². The number of hydrogen-bond acceptors (Lipinski definition) is 4. The van der Waals surface area contributed by atoms with Gasteiger partial charge in [0.05, 0.1) is 0 Å². The van der Waals surface area contributed by atoms with Crippen molar-refractivity contribution in [3.8, 4) is 0 Å². The predicted octanol–water partition coefficient (Wildman–Crippen LogP) is 1.59. The topological polar surface area (TPSA) is 70.5 Å². The van der Waals surface area contributed by atoms with Crippen LogP contribution in [0.2, 0.25) is 0 Å². The summed E-state index contributed by atoms with van der Waals surface area (Å²) in [5, 5.41) is 7.35. The van der Waals surface area contributed by atoms with Crippen molar-refractivity contribution in [2.24, 2.45) is 0 Å². The second-order valence-corrected chi connectivity index (χ2v) is 7.63. The van der Waals surface area contributed by atoms with Crippen molar-refractivity contribution in [1.82, 2.24) is 24.9 Å². The summed E-state index contributed by atoms with van der Waals surface area (Å²) in [6.07, 6.45) is 8.10. The van der Waals surface area contributed by atoms with E-state index in [4.69, 9.17) is 0 Å². The Balaban J connectivity index is 1.49. The van der Waals surface area contributed by atoms with Crippen molar-refractivity contribution < 1.29 is 9.59 Å². The number of carbonyl (C=O) groups is 2. The number of amides is 2. The van der Waals surface area contributed by atoms with Gasteiger partial charge in [-0.2, -0.15) is 5.10 Å². The van der Waals surface area contributed by atoms with Gasteiger partial charge in [0, 0.05) is 38.4 Å². The Hall–Kier alpha value is -2.15. The smallest absolute Gasteiger partial charge is 0.274 e. The van der Waals surface area contributed by atoms with Gasteiger partial charge in [0.1, 0.15) is 6.54 Å². The maximum absolute atomic E-state index is 12.6. The molecule has 1 fully saturated rings. The third kappa shape index (κ3) is 5.42. The molecule has 0 atom stereocenters. The molecule has 2 heterocycles. The van der Waals surface area contributed by atoms with Gasteiger partial charge in [-0.3, -0.25) is 14.3 Å². The van der Waals surface area contributed by atoms with Crippen molar-refractivity contribution in [3.05, 3.63) is 29.1 Å². The van der Waals surface area contributed by atoms with Gasteiger partial charge >= 0.3 is 0 Å². The zero-order valence-electron chi connectivity index (χ0n) is 16.5. The van der Waals surface area contributed by atoms with Crippen LogP contribution in [0.4, 0.5) is 0 Å².